The number of ether oxygens (including phenoxy) is 1. The maximum atomic E-state index is 6.01. The zero-order valence-corrected chi connectivity index (χ0v) is 13.2. The molecule has 2 heterocycles. The van der Waals surface area contributed by atoms with Gasteiger partial charge in [0.25, 0.3) is 0 Å². The van der Waals surface area contributed by atoms with Gasteiger partial charge in [0.1, 0.15) is 0 Å². The molecule has 1 aliphatic rings. The molecule has 1 fully saturated rings. The summed E-state index contributed by atoms with van der Waals surface area (Å²) in [5.41, 5.74) is 10.0. The molecule has 20 heavy (non-hydrogen) atoms. The molecule has 1 aromatic heterocycles. The molecule has 0 bridgehead atoms. The normalized spacial score (nSPS) is 18.4. The zero-order valence-electron chi connectivity index (χ0n) is 13.2. The van der Waals surface area contributed by atoms with Crippen molar-refractivity contribution in [2.75, 3.05) is 13.2 Å². The van der Waals surface area contributed by atoms with Gasteiger partial charge in [-0.25, -0.2) is 0 Å². The maximum absolute atomic E-state index is 6.01. The lowest BCUT2D eigenvalue weighted by molar-refractivity contribution is 0.0598. The van der Waals surface area contributed by atoms with Gasteiger partial charge in [-0.1, -0.05) is 13.8 Å². The molecule has 0 radical (unpaired) electrons. The predicted octanol–water partition coefficient (Wildman–Crippen LogP) is 2.32. The van der Waals surface area contributed by atoms with Crippen LogP contribution in [0.4, 0.5) is 0 Å². The van der Waals surface area contributed by atoms with E-state index in [4.69, 9.17) is 15.6 Å². The number of nitrogens with zero attached hydrogens (tertiary/aromatic N) is 2. The van der Waals surface area contributed by atoms with Crippen LogP contribution in [-0.2, 0) is 30.5 Å². The Morgan fingerprint density at radius 1 is 1.30 bits per heavy atom. The van der Waals surface area contributed by atoms with Gasteiger partial charge in [-0.3, -0.25) is 4.68 Å². The molecule has 0 spiro atoms. The molecular weight excluding hydrogens is 250 g/mol. The molecule has 2 N–H and O–H groups in total. The highest BCUT2D eigenvalue weighted by atomic mass is 16.5. The highest BCUT2D eigenvalue weighted by Gasteiger charge is 2.20. The van der Waals surface area contributed by atoms with Crippen molar-refractivity contribution in [2.24, 2.45) is 11.7 Å². The van der Waals surface area contributed by atoms with Crippen LogP contribution in [0.25, 0.3) is 0 Å². The standard InChI is InChI=1S/C16H29N3O/c1-4-15-14(10-12(3)17)16(5-2)19(18-15)11-13-6-8-20-9-7-13/h12-13H,4-11,17H2,1-3H3. The Kier molecular flexibility index (Phi) is 5.61. The van der Waals surface area contributed by atoms with Crippen molar-refractivity contribution < 1.29 is 4.74 Å². The molecule has 0 aliphatic carbocycles. The summed E-state index contributed by atoms with van der Waals surface area (Å²) in [6, 6.07) is 0.200. The fraction of sp³-hybridized carbons (Fsp3) is 0.812. The number of aromatic nitrogens is 2. The second kappa shape index (κ2) is 7.23. The average Bonchev–Trinajstić information content (AvgIpc) is 2.76. The molecule has 1 saturated heterocycles. The maximum Gasteiger partial charge on any atom is 0.0657 e. The predicted molar refractivity (Wildman–Crippen MR) is 81.9 cm³/mol. The number of nitrogens with two attached hydrogens (primary N) is 1. The molecule has 4 nitrogen and oxygen atoms in total. The molecule has 2 rings (SSSR count). The number of hydrogen-bond donors (Lipinski definition) is 1. The van der Waals surface area contributed by atoms with Crippen molar-refractivity contribution in [1.82, 2.24) is 9.78 Å². The van der Waals surface area contributed by atoms with Crippen molar-refractivity contribution in [1.29, 1.82) is 0 Å². The number of hydrogen-bond acceptors (Lipinski definition) is 3. The van der Waals surface area contributed by atoms with E-state index < -0.39 is 0 Å². The Labute approximate surface area is 122 Å². The second-order valence-corrected chi connectivity index (χ2v) is 6.00. The summed E-state index contributed by atoms with van der Waals surface area (Å²) < 4.78 is 7.71. The van der Waals surface area contributed by atoms with Crippen molar-refractivity contribution in [3.8, 4) is 0 Å². The molecular formula is C16H29N3O. The van der Waals surface area contributed by atoms with E-state index in [0.29, 0.717) is 5.92 Å². The number of rotatable bonds is 6. The summed E-state index contributed by atoms with van der Waals surface area (Å²) in [4.78, 5) is 0. The molecule has 1 aliphatic heterocycles. The van der Waals surface area contributed by atoms with Gasteiger partial charge in [0.15, 0.2) is 0 Å². The van der Waals surface area contributed by atoms with Gasteiger partial charge in [-0.05, 0) is 50.5 Å². The first-order chi connectivity index (χ1) is 9.65. The smallest absolute Gasteiger partial charge is 0.0657 e. The van der Waals surface area contributed by atoms with Crippen molar-refractivity contribution >= 4 is 0 Å². The van der Waals surface area contributed by atoms with Crippen molar-refractivity contribution in [3.05, 3.63) is 17.0 Å². The SMILES string of the molecule is CCc1nn(CC2CCOCC2)c(CC)c1CC(C)N. The van der Waals surface area contributed by atoms with E-state index >= 15 is 0 Å². The van der Waals surface area contributed by atoms with E-state index in [9.17, 15) is 0 Å². The lowest BCUT2D eigenvalue weighted by atomic mass is 9.99. The lowest BCUT2D eigenvalue weighted by Crippen LogP contribution is -2.22. The molecule has 0 aromatic carbocycles. The zero-order chi connectivity index (χ0) is 14.5. The minimum absolute atomic E-state index is 0.200. The topological polar surface area (TPSA) is 53.1 Å². The van der Waals surface area contributed by atoms with Crippen LogP contribution in [0, 0.1) is 5.92 Å². The summed E-state index contributed by atoms with van der Waals surface area (Å²) in [5, 5.41) is 4.87. The summed E-state index contributed by atoms with van der Waals surface area (Å²) in [5.74, 6) is 0.710. The summed E-state index contributed by atoms with van der Waals surface area (Å²) >= 11 is 0. The van der Waals surface area contributed by atoms with Crippen LogP contribution in [0.15, 0.2) is 0 Å². The van der Waals surface area contributed by atoms with Crippen LogP contribution in [0.3, 0.4) is 0 Å². The number of aryl methyl sites for hydroxylation is 1. The Bertz CT molecular complexity index is 420. The summed E-state index contributed by atoms with van der Waals surface area (Å²) in [6.07, 6.45) is 5.30. The van der Waals surface area contributed by atoms with Crippen LogP contribution < -0.4 is 5.73 Å². The molecule has 4 heteroatoms. The Morgan fingerprint density at radius 2 is 2.00 bits per heavy atom. The molecule has 114 valence electrons. The Morgan fingerprint density at radius 3 is 2.55 bits per heavy atom. The quantitative estimate of drug-likeness (QED) is 0.869. The van der Waals surface area contributed by atoms with Gasteiger partial charge in [0.2, 0.25) is 0 Å². The third-order valence-electron chi connectivity index (χ3n) is 4.22. The van der Waals surface area contributed by atoms with Crippen molar-refractivity contribution in [3.63, 3.8) is 0 Å². The Balaban J connectivity index is 2.20. The van der Waals surface area contributed by atoms with Gasteiger partial charge in [0.05, 0.1) is 5.69 Å². The van der Waals surface area contributed by atoms with Crippen LogP contribution >= 0.6 is 0 Å². The Hall–Kier alpha value is -0.870. The first kappa shape index (κ1) is 15.5. The molecule has 1 aromatic rings. The van der Waals surface area contributed by atoms with E-state index in [2.05, 4.69) is 25.5 Å². The fourth-order valence-corrected chi connectivity index (χ4v) is 3.15. The van der Waals surface area contributed by atoms with E-state index in [-0.39, 0.29) is 6.04 Å². The van der Waals surface area contributed by atoms with E-state index in [1.165, 1.54) is 17.0 Å². The second-order valence-electron chi connectivity index (χ2n) is 6.00. The van der Waals surface area contributed by atoms with E-state index in [1.807, 2.05) is 0 Å². The molecule has 0 amide bonds. The van der Waals surface area contributed by atoms with E-state index in [0.717, 1.165) is 51.9 Å². The van der Waals surface area contributed by atoms with Gasteiger partial charge in [0, 0.05) is 31.5 Å². The fourth-order valence-electron chi connectivity index (χ4n) is 3.15. The summed E-state index contributed by atoms with van der Waals surface area (Å²) in [7, 11) is 0. The molecule has 1 unspecified atom stereocenters. The van der Waals surface area contributed by atoms with Crippen molar-refractivity contribution in [2.45, 2.75) is 65.5 Å². The highest BCUT2D eigenvalue weighted by Crippen LogP contribution is 2.22. The van der Waals surface area contributed by atoms with Crippen LogP contribution in [0.2, 0.25) is 0 Å². The third kappa shape index (κ3) is 3.61. The highest BCUT2D eigenvalue weighted by molar-refractivity contribution is 5.27. The van der Waals surface area contributed by atoms with Gasteiger partial charge < -0.3 is 10.5 Å². The minimum atomic E-state index is 0.200. The molecule has 1 atom stereocenters. The first-order valence-corrected chi connectivity index (χ1v) is 8.06. The van der Waals surface area contributed by atoms with Gasteiger partial charge >= 0.3 is 0 Å². The lowest BCUT2D eigenvalue weighted by Gasteiger charge is -2.22. The van der Waals surface area contributed by atoms with Crippen LogP contribution in [-0.4, -0.2) is 29.0 Å². The summed E-state index contributed by atoms with van der Waals surface area (Å²) in [6.45, 7) is 9.33. The largest absolute Gasteiger partial charge is 0.381 e. The third-order valence-corrected chi connectivity index (χ3v) is 4.22. The average molecular weight is 279 g/mol. The van der Waals surface area contributed by atoms with E-state index in [1.54, 1.807) is 0 Å². The first-order valence-electron chi connectivity index (χ1n) is 8.06. The monoisotopic (exact) mass is 279 g/mol. The van der Waals surface area contributed by atoms with Crippen LogP contribution in [0.5, 0.6) is 0 Å². The minimum Gasteiger partial charge on any atom is -0.381 e. The van der Waals surface area contributed by atoms with Gasteiger partial charge in [-0.2, -0.15) is 5.10 Å². The van der Waals surface area contributed by atoms with Crippen LogP contribution in [0.1, 0.15) is 50.6 Å². The molecule has 0 saturated carbocycles. The van der Waals surface area contributed by atoms with Gasteiger partial charge in [-0.15, -0.1) is 0 Å².